The number of halogens is 4. The number of hydrogen-bond acceptors (Lipinski definition) is 7. The zero-order chi connectivity index (χ0) is 25.4. The van der Waals surface area contributed by atoms with Crippen LogP contribution in [0.1, 0.15) is 43.5 Å². The molecule has 13 heteroatoms. The number of oxime groups is 1. The number of rotatable bonds is 4. The second-order valence-corrected chi connectivity index (χ2v) is 9.73. The molecule has 9 nitrogen and oxygen atoms in total. The third kappa shape index (κ3) is 5.88. The molecule has 4 aliphatic rings. The van der Waals surface area contributed by atoms with Gasteiger partial charge >= 0.3 is 12.1 Å². The van der Waals surface area contributed by atoms with Crippen LogP contribution in [-0.4, -0.2) is 86.1 Å². The molecule has 3 aliphatic heterocycles. The van der Waals surface area contributed by atoms with Gasteiger partial charge in [-0.25, -0.2) is 9.18 Å². The summed E-state index contributed by atoms with van der Waals surface area (Å²) in [6.07, 6.45) is 2.72. The van der Waals surface area contributed by atoms with E-state index in [2.05, 4.69) is 20.0 Å². The Balaban J connectivity index is 0.000000364. The van der Waals surface area contributed by atoms with Gasteiger partial charge in [-0.05, 0) is 45.1 Å². The van der Waals surface area contributed by atoms with Gasteiger partial charge in [0.25, 0.3) is 5.91 Å². The molecular weight excluding hydrogens is 474 g/mol. The molecule has 1 atom stereocenters. The summed E-state index contributed by atoms with van der Waals surface area (Å²) in [6, 6.07) is 0. The highest BCUT2D eigenvalue weighted by molar-refractivity contribution is 6.39. The molecule has 1 unspecified atom stereocenters. The summed E-state index contributed by atoms with van der Waals surface area (Å²) < 4.78 is 46.3. The van der Waals surface area contributed by atoms with E-state index in [0.29, 0.717) is 25.2 Å². The molecule has 192 valence electrons. The van der Waals surface area contributed by atoms with Crippen LogP contribution in [0.4, 0.5) is 17.6 Å². The normalized spacial score (nSPS) is 25.7. The Morgan fingerprint density at radius 3 is 2.51 bits per heavy atom. The maximum Gasteiger partial charge on any atom is 0.490 e. The Labute approximate surface area is 199 Å². The third-order valence-electron chi connectivity index (χ3n) is 6.64. The number of aryl methyl sites for hydroxylation is 1. The number of alkyl halides is 4. The van der Waals surface area contributed by atoms with E-state index in [0.717, 1.165) is 43.6 Å². The molecule has 0 radical (unpaired) electrons. The van der Waals surface area contributed by atoms with Gasteiger partial charge in [0.15, 0.2) is 5.60 Å². The number of carbonyl (C=O) groups excluding carboxylic acids is 1. The first-order chi connectivity index (χ1) is 16.4. The Morgan fingerprint density at radius 2 is 1.91 bits per heavy atom. The van der Waals surface area contributed by atoms with Crippen molar-refractivity contribution in [2.45, 2.75) is 63.0 Å². The second-order valence-electron chi connectivity index (χ2n) is 9.73. The summed E-state index contributed by atoms with van der Waals surface area (Å²) in [7, 11) is 0. The summed E-state index contributed by atoms with van der Waals surface area (Å²) in [5.41, 5.74) is 0.669. The first-order valence-corrected chi connectivity index (χ1v) is 11.4. The molecule has 1 amide bonds. The summed E-state index contributed by atoms with van der Waals surface area (Å²) in [4.78, 5) is 40.0. The van der Waals surface area contributed by atoms with Gasteiger partial charge in [-0.1, -0.05) is 5.16 Å². The van der Waals surface area contributed by atoms with E-state index in [1.807, 2.05) is 6.92 Å². The van der Waals surface area contributed by atoms with Gasteiger partial charge in [-0.15, -0.1) is 0 Å². The minimum atomic E-state index is -5.08. The Kier molecular flexibility index (Phi) is 6.73. The molecule has 1 aromatic rings. The molecule has 4 heterocycles. The number of hydrogen-bond donors (Lipinski definition) is 1. The van der Waals surface area contributed by atoms with E-state index in [1.165, 1.54) is 0 Å². The molecular formula is C22H27F4N5O4. The van der Waals surface area contributed by atoms with E-state index in [9.17, 15) is 22.4 Å². The monoisotopic (exact) mass is 501 g/mol. The first-order valence-electron chi connectivity index (χ1n) is 11.4. The van der Waals surface area contributed by atoms with Crippen molar-refractivity contribution in [2.24, 2.45) is 11.1 Å². The number of carbonyl (C=O) groups is 2. The van der Waals surface area contributed by atoms with Gasteiger partial charge < -0.3 is 14.8 Å². The zero-order valence-corrected chi connectivity index (χ0v) is 19.2. The van der Waals surface area contributed by atoms with Gasteiger partial charge in [0.1, 0.15) is 11.4 Å². The number of carboxylic acids is 1. The lowest BCUT2D eigenvalue weighted by molar-refractivity contribution is -0.192. The highest BCUT2D eigenvalue weighted by atomic mass is 19.4. The average Bonchev–Trinajstić information content (AvgIpc) is 3.54. The number of nitrogens with zero attached hydrogens (tertiary/aromatic N) is 5. The van der Waals surface area contributed by atoms with E-state index < -0.39 is 23.4 Å². The van der Waals surface area contributed by atoms with Crippen LogP contribution >= 0.6 is 0 Å². The molecule has 1 aliphatic carbocycles. The molecule has 1 N–H and O–H groups in total. The van der Waals surface area contributed by atoms with Gasteiger partial charge in [0.2, 0.25) is 0 Å². The van der Waals surface area contributed by atoms with Crippen molar-refractivity contribution in [3.8, 4) is 0 Å². The largest absolute Gasteiger partial charge is 0.490 e. The first kappa shape index (κ1) is 25.3. The minimum absolute atomic E-state index is 0.154. The molecule has 3 fully saturated rings. The Bertz CT molecular complexity index is 1010. The molecule has 35 heavy (non-hydrogen) atoms. The standard InChI is InChI=1S/C20H26FN5O2.C2HF3O2/c1-14-8-22-9-16(23-14)10-25-6-2-5-19(11-25)7-17(24-28-19)18(27)26-12-20(21,13-26)15-3-4-15;3-2(4,5)1(6)7/h8-9,15H,2-7,10-13H2,1H3;(H,6,7). The fourth-order valence-corrected chi connectivity index (χ4v) is 4.77. The van der Waals surface area contributed by atoms with Crippen LogP contribution in [0.2, 0.25) is 0 Å². The second kappa shape index (κ2) is 9.32. The summed E-state index contributed by atoms with van der Waals surface area (Å²) in [6.45, 7) is 4.73. The lowest BCUT2D eigenvalue weighted by Gasteiger charge is -2.44. The predicted octanol–water partition coefficient (Wildman–Crippen LogP) is 2.49. The molecule has 1 aromatic heterocycles. The fourth-order valence-electron chi connectivity index (χ4n) is 4.77. The number of amides is 1. The molecule has 0 aromatic carbocycles. The third-order valence-corrected chi connectivity index (χ3v) is 6.64. The summed E-state index contributed by atoms with van der Waals surface area (Å²) in [5.74, 6) is -2.76. The Hall–Kier alpha value is -2.83. The van der Waals surface area contributed by atoms with Crippen LogP contribution < -0.4 is 0 Å². The number of aromatic nitrogens is 2. The van der Waals surface area contributed by atoms with Gasteiger partial charge in [-0.3, -0.25) is 19.7 Å². The van der Waals surface area contributed by atoms with Crippen molar-refractivity contribution in [1.29, 1.82) is 0 Å². The van der Waals surface area contributed by atoms with E-state index in [1.54, 1.807) is 17.3 Å². The average molecular weight is 501 g/mol. The number of piperidine rings is 1. The maximum absolute atomic E-state index is 14.5. The number of likely N-dealkylation sites (tertiary alicyclic amines) is 2. The zero-order valence-electron chi connectivity index (χ0n) is 19.2. The smallest absolute Gasteiger partial charge is 0.475 e. The highest BCUT2D eigenvalue weighted by Gasteiger charge is 2.56. The van der Waals surface area contributed by atoms with Crippen molar-refractivity contribution >= 4 is 17.6 Å². The minimum Gasteiger partial charge on any atom is -0.475 e. The highest BCUT2D eigenvalue weighted by Crippen LogP contribution is 2.47. The van der Waals surface area contributed by atoms with E-state index in [-0.39, 0.29) is 24.9 Å². The molecule has 5 rings (SSSR count). The molecule has 2 saturated heterocycles. The van der Waals surface area contributed by atoms with Crippen LogP contribution in [0.15, 0.2) is 17.5 Å². The van der Waals surface area contributed by atoms with Crippen LogP contribution in [0.5, 0.6) is 0 Å². The Morgan fingerprint density at radius 1 is 1.23 bits per heavy atom. The lowest BCUT2D eigenvalue weighted by atomic mass is 9.86. The van der Waals surface area contributed by atoms with Gasteiger partial charge in [-0.2, -0.15) is 13.2 Å². The number of carboxylic acid groups (broad SMARTS) is 1. The van der Waals surface area contributed by atoms with Crippen molar-refractivity contribution in [2.75, 3.05) is 26.2 Å². The van der Waals surface area contributed by atoms with Gasteiger partial charge in [0.05, 0.1) is 24.5 Å². The molecule has 0 bridgehead atoms. The predicted molar refractivity (Wildman–Crippen MR) is 114 cm³/mol. The van der Waals surface area contributed by atoms with Crippen LogP contribution in [0.3, 0.4) is 0 Å². The van der Waals surface area contributed by atoms with Crippen LogP contribution in [0, 0.1) is 12.8 Å². The van der Waals surface area contributed by atoms with Crippen LogP contribution in [0.25, 0.3) is 0 Å². The fraction of sp³-hybridized carbons (Fsp3) is 0.682. The van der Waals surface area contributed by atoms with Crippen molar-refractivity contribution in [1.82, 2.24) is 19.8 Å². The molecule has 1 saturated carbocycles. The SMILES string of the molecule is Cc1cncc(CN2CCCC3(CC(C(=O)N4CC(F)(C5CC5)C4)=NO3)C2)n1.O=C(O)C(F)(F)F. The van der Waals surface area contributed by atoms with Gasteiger partial charge in [0, 0.05) is 31.9 Å². The summed E-state index contributed by atoms with van der Waals surface area (Å²) in [5, 5.41) is 11.3. The van der Waals surface area contributed by atoms with E-state index >= 15 is 0 Å². The van der Waals surface area contributed by atoms with Crippen LogP contribution in [-0.2, 0) is 21.0 Å². The maximum atomic E-state index is 14.5. The summed E-state index contributed by atoms with van der Waals surface area (Å²) >= 11 is 0. The lowest BCUT2D eigenvalue weighted by Crippen LogP contribution is -2.63. The van der Waals surface area contributed by atoms with E-state index in [4.69, 9.17) is 14.7 Å². The topological polar surface area (TPSA) is 108 Å². The molecule has 1 spiro atoms. The number of aliphatic carboxylic acids is 1. The van der Waals surface area contributed by atoms with Crippen molar-refractivity contribution in [3.05, 3.63) is 23.8 Å². The van der Waals surface area contributed by atoms with Crippen molar-refractivity contribution < 1.29 is 37.1 Å². The van der Waals surface area contributed by atoms with Crippen molar-refractivity contribution in [3.63, 3.8) is 0 Å². The quantitative estimate of drug-likeness (QED) is 0.632.